The van der Waals surface area contributed by atoms with E-state index >= 15 is 0 Å². The standard InChI is InChI=1S/C14H23NO4/c1-13(6-5-9-19-13)12(18)15-14(10-11(16)17)7-3-2-4-8-14/h2-10H2,1H3,(H,15,18)(H,16,17). The third-order valence-electron chi connectivity index (χ3n) is 4.38. The highest BCUT2D eigenvalue weighted by atomic mass is 16.5. The zero-order chi connectivity index (χ0) is 13.9. The second kappa shape index (κ2) is 5.49. The molecule has 0 aromatic rings. The number of carboxylic acid groups (broad SMARTS) is 1. The van der Waals surface area contributed by atoms with Crippen LogP contribution in [0.15, 0.2) is 0 Å². The Kier molecular flexibility index (Phi) is 4.13. The lowest BCUT2D eigenvalue weighted by Gasteiger charge is -2.39. The summed E-state index contributed by atoms with van der Waals surface area (Å²) in [5.41, 5.74) is -1.35. The van der Waals surface area contributed by atoms with Gasteiger partial charge in [0.1, 0.15) is 5.60 Å². The number of carbonyl (C=O) groups is 2. The maximum absolute atomic E-state index is 12.4. The minimum absolute atomic E-state index is 0.00875. The number of carboxylic acids is 1. The molecule has 0 aromatic carbocycles. The molecular formula is C14H23NO4. The van der Waals surface area contributed by atoms with E-state index in [2.05, 4.69) is 5.32 Å². The van der Waals surface area contributed by atoms with Crippen molar-refractivity contribution < 1.29 is 19.4 Å². The van der Waals surface area contributed by atoms with Crippen molar-refractivity contribution in [2.24, 2.45) is 0 Å². The molecule has 5 nitrogen and oxygen atoms in total. The number of carbonyl (C=O) groups excluding carboxylic acids is 1. The Morgan fingerprint density at radius 2 is 1.84 bits per heavy atom. The van der Waals surface area contributed by atoms with Crippen LogP contribution in [0.2, 0.25) is 0 Å². The number of hydrogen-bond acceptors (Lipinski definition) is 3. The molecule has 2 fully saturated rings. The van der Waals surface area contributed by atoms with Gasteiger partial charge in [-0.1, -0.05) is 19.3 Å². The van der Waals surface area contributed by atoms with Crippen LogP contribution in [0.25, 0.3) is 0 Å². The number of ether oxygens (including phenoxy) is 1. The van der Waals surface area contributed by atoms with Gasteiger partial charge in [-0.15, -0.1) is 0 Å². The summed E-state index contributed by atoms with van der Waals surface area (Å²) in [6.07, 6.45) is 6.18. The van der Waals surface area contributed by atoms with E-state index in [0.717, 1.165) is 38.5 Å². The van der Waals surface area contributed by atoms with E-state index < -0.39 is 17.1 Å². The van der Waals surface area contributed by atoms with Gasteiger partial charge >= 0.3 is 5.97 Å². The molecule has 1 amide bonds. The SMILES string of the molecule is CC1(C(=O)NC2(CC(=O)O)CCCCC2)CCCO1. The third kappa shape index (κ3) is 3.26. The molecule has 0 bridgehead atoms. The second-order valence-electron chi connectivity index (χ2n) is 6.05. The van der Waals surface area contributed by atoms with Gasteiger partial charge in [-0.2, -0.15) is 0 Å². The molecule has 108 valence electrons. The molecule has 0 radical (unpaired) electrons. The van der Waals surface area contributed by atoms with E-state index in [1.54, 1.807) is 6.92 Å². The molecule has 5 heteroatoms. The minimum Gasteiger partial charge on any atom is -0.481 e. The fourth-order valence-corrected chi connectivity index (χ4v) is 3.20. The summed E-state index contributed by atoms with van der Waals surface area (Å²) in [6.45, 7) is 2.41. The van der Waals surface area contributed by atoms with Crippen LogP contribution in [0.4, 0.5) is 0 Å². The van der Waals surface area contributed by atoms with Crippen LogP contribution in [0.3, 0.4) is 0 Å². The zero-order valence-corrected chi connectivity index (χ0v) is 11.5. The van der Waals surface area contributed by atoms with Gasteiger partial charge in [0.25, 0.3) is 5.91 Å². The average Bonchev–Trinajstić information content (AvgIpc) is 2.77. The fourth-order valence-electron chi connectivity index (χ4n) is 3.20. The Labute approximate surface area is 113 Å². The van der Waals surface area contributed by atoms with Crippen molar-refractivity contribution >= 4 is 11.9 Å². The third-order valence-corrected chi connectivity index (χ3v) is 4.38. The lowest BCUT2D eigenvalue weighted by molar-refractivity contribution is -0.144. The molecule has 1 saturated carbocycles. The number of nitrogens with one attached hydrogen (secondary N) is 1. The number of hydrogen-bond donors (Lipinski definition) is 2. The van der Waals surface area contributed by atoms with Gasteiger partial charge < -0.3 is 15.2 Å². The van der Waals surface area contributed by atoms with Gasteiger partial charge in [0, 0.05) is 6.61 Å². The summed E-state index contributed by atoms with van der Waals surface area (Å²) in [6, 6.07) is 0. The lowest BCUT2D eigenvalue weighted by Crippen LogP contribution is -2.57. The van der Waals surface area contributed by atoms with E-state index in [0.29, 0.717) is 13.0 Å². The second-order valence-corrected chi connectivity index (χ2v) is 6.05. The summed E-state index contributed by atoms with van der Waals surface area (Å²) < 4.78 is 5.53. The molecule has 19 heavy (non-hydrogen) atoms. The Morgan fingerprint density at radius 3 is 2.37 bits per heavy atom. The van der Waals surface area contributed by atoms with E-state index in [9.17, 15) is 9.59 Å². The van der Waals surface area contributed by atoms with Crippen molar-refractivity contribution in [1.82, 2.24) is 5.32 Å². The van der Waals surface area contributed by atoms with Gasteiger partial charge in [0.05, 0.1) is 12.0 Å². The van der Waals surface area contributed by atoms with Crippen molar-refractivity contribution in [3.8, 4) is 0 Å². The highest BCUT2D eigenvalue weighted by molar-refractivity contribution is 5.86. The summed E-state index contributed by atoms with van der Waals surface area (Å²) in [4.78, 5) is 23.5. The smallest absolute Gasteiger partial charge is 0.305 e. The molecule has 1 unspecified atom stereocenters. The monoisotopic (exact) mass is 269 g/mol. The van der Waals surface area contributed by atoms with E-state index in [1.165, 1.54) is 0 Å². The van der Waals surface area contributed by atoms with Crippen LogP contribution in [-0.4, -0.2) is 34.7 Å². The van der Waals surface area contributed by atoms with Crippen LogP contribution >= 0.6 is 0 Å². The molecular weight excluding hydrogens is 246 g/mol. The van der Waals surface area contributed by atoms with Gasteiger partial charge in [-0.3, -0.25) is 9.59 Å². The summed E-state index contributed by atoms with van der Waals surface area (Å²) >= 11 is 0. The van der Waals surface area contributed by atoms with Gasteiger partial charge in [-0.25, -0.2) is 0 Å². The molecule has 0 aromatic heterocycles. The normalized spacial score (nSPS) is 29.9. The Hall–Kier alpha value is -1.10. The molecule has 2 aliphatic rings. The van der Waals surface area contributed by atoms with Crippen molar-refractivity contribution in [3.63, 3.8) is 0 Å². The van der Waals surface area contributed by atoms with Crippen molar-refractivity contribution in [2.75, 3.05) is 6.61 Å². The maximum Gasteiger partial charge on any atom is 0.305 e. The highest BCUT2D eigenvalue weighted by Gasteiger charge is 2.43. The topological polar surface area (TPSA) is 75.6 Å². The summed E-state index contributed by atoms with van der Waals surface area (Å²) in [5, 5.41) is 12.1. The first-order valence-electron chi connectivity index (χ1n) is 7.14. The summed E-state index contributed by atoms with van der Waals surface area (Å²) in [5.74, 6) is -0.993. The molecule has 1 atom stereocenters. The largest absolute Gasteiger partial charge is 0.481 e. The molecule has 1 saturated heterocycles. The first-order chi connectivity index (χ1) is 8.96. The van der Waals surface area contributed by atoms with Crippen molar-refractivity contribution in [1.29, 1.82) is 0 Å². The fraction of sp³-hybridized carbons (Fsp3) is 0.857. The van der Waals surface area contributed by atoms with E-state index in [1.807, 2.05) is 0 Å². The van der Waals surface area contributed by atoms with Crippen molar-refractivity contribution in [2.45, 2.75) is 69.4 Å². The average molecular weight is 269 g/mol. The van der Waals surface area contributed by atoms with Crippen LogP contribution < -0.4 is 5.32 Å². The molecule has 1 aliphatic carbocycles. The lowest BCUT2D eigenvalue weighted by atomic mass is 9.78. The van der Waals surface area contributed by atoms with Crippen LogP contribution in [-0.2, 0) is 14.3 Å². The van der Waals surface area contributed by atoms with Crippen LogP contribution in [0, 0.1) is 0 Å². The maximum atomic E-state index is 12.4. The summed E-state index contributed by atoms with van der Waals surface area (Å²) in [7, 11) is 0. The van der Waals surface area contributed by atoms with E-state index in [-0.39, 0.29) is 12.3 Å². The highest BCUT2D eigenvalue weighted by Crippen LogP contribution is 2.33. The Morgan fingerprint density at radius 1 is 1.16 bits per heavy atom. The van der Waals surface area contributed by atoms with Gasteiger partial charge in [0.2, 0.25) is 0 Å². The number of aliphatic carboxylic acids is 1. The number of amides is 1. The predicted octanol–water partition coefficient (Wildman–Crippen LogP) is 1.85. The Balaban J connectivity index is 2.06. The number of rotatable bonds is 4. The minimum atomic E-state index is -0.848. The van der Waals surface area contributed by atoms with Crippen LogP contribution in [0.1, 0.15) is 58.3 Å². The molecule has 1 aliphatic heterocycles. The Bertz CT molecular complexity index is 354. The van der Waals surface area contributed by atoms with Crippen molar-refractivity contribution in [3.05, 3.63) is 0 Å². The molecule has 2 rings (SSSR count). The first-order valence-corrected chi connectivity index (χ1v) is 7.14. The van der Waals surface area contributed by atoms with E-state index in [4.69, 9.17) is 9.84 Å². The van der Waals surface area contributed by atoms with Crippen LogP contribution in [0.5, 0.6) is 0 Å². The zero-order valence-electron chi connectivity index (χ0n) is 11.5. The molecule has 1 heterocycles. The predicted molar refractivity (Wildman–Crippen MR) is 69.8 cm³/mol. The molecule has 2 N–H and O–H groups in total. The van der Waals surface area contributed by atoms with Gasteiger partial charge in [-0.05, 0) is 32.6 Å². The molecule has 0 spiro atoms. The van der Waals surface area contributed by atoms with Gasteiger partial charge in [0.15, 0.2) is 0 Å². The first kappa shape index (κ1) is 14.3. The quantitative estimate of drug-likeness (QED) is 0.816.